The molecule has 0 radical (unpaired) electrons. The molecule has 0 amide bonds. The first kappa shape index (κ1) is 16.4. The lowest BCUT2D eigenvalue weighted by Gasteiger charge is -2.38. The number of hydrogen-bond donors (Lipinski definition) is 0. The highest BCUT2D eigenvalue weighted by Crippen LogP contribution is 2.67. The Bertz CT molecular complexity index is 560. The van der Waals surface area contributed by atoms with E-state index in [1.165, 1.54) is 22.1 Å². The zero-order chi connectivity index (χ0) is 15.6. The van der Waals surface area contributed by atoms with Gasteiger partial charge in [0.25, 0.3) is 0 Å². The molecule has 3 heteroatoms. The summed E-state index contributed by atoms with van der Waals surface area (Å²) < 4.78 is 0.672. The van der Waals surface area contributed by atoms with Gasteiger partial charge in [-0.1, -0.05) is 50.2 Å². The van der Waals surface area contributed by atoms with Crippen LogP contribution >= 0.6 is 30.8 Å². The number of benzene rings is 2. The maximum Gasteiger partial charge on any atom is 0.169 e. The maximum absolute atomic E-state index is 2.53. The first-order chi connectivity index (χ1) is 10.5. The van der Waals surface area contributed by atoms with Crippen molar-refractivity contribution in [2.75, 3.05) is 18.2 Å². The minimum Gasteiger partial charge on any atom is -0.106 e. The average Bonchev–Trinajstić information content (AvgIpc) is 2.56. The van der Waals surface area contributed by atoms with Gasteiger partial charge in [-0.05, 0) is 29.7 Å². The topological polar surface area (TPSA) is 0 Å². The summed E-state index contributed by atoms with van der Waals surface area (Å²) in [7, 11) is -1.38. The summed E-state index contributed by atoms with van der Waals surface area (Å²) in [4.78, 5) is 0. The van der Waals surface area contributed by atoms with Gasteiger partial charge in [-0.25, -0.2) is 0 Å². The first-order valence-electron chi connectivity index (χ1n) is 7.73. The molecule has 0 N–H and O–H groups in total. The second-order valence-electron chi connectivity index (χ2n) is 6.84. The predicted octanol–water partition coefficient (Wildman–Crippen LogP) is 5.07. The minimum atomic E-state index is -1.38. The molecule has 1 fully saturated rings. The number of rotatable bonds is 3. The van der Waals surface area contributed by atoms with Crippen LogP contribution in [0.1, 0.15) is 13.8 Å². The Morgan fingerprint density at radius 3 is 1.64 bits per heavy atom. The molecule has 2 aromatic carbocycles. The van der Waals surface area contributed by atoms with Gasteiger partial charge in [-0.2, -0.15) is 0 Å². The normalized spacial score (nSPS) is 19.0. The molecule has 0 saturated carbocycles. The van der Waals surface area contributed by atoms with Crippen LogP contribution < -0.4 is 10.6 Å². The molecule has 1 aliphatic rings. The van der Waals surface area contributed by atoms with Gasteiger partial charge in [0.15, 0.2) is 4.32 Å². The lowest BCUT2D eigenvalue weighted by Crippen LogP contribution is -2.33. The zero-order valence-electron chi connectivity index (χ0n) is 13.5. The molecule has 0 unspecified atom stereocenters. The van der Waals surface area contributed by atoms with Crippen molar-refractivity contribution in [2.24, 2.45) is 5.41 Å². The Kier molecular flexibility index (Phi) is 4.92. The molecule has 1 aliphatic heterocycles. The second kappa shape index (κ2) is 6.59. The van der Waals surface area contributed by atoms with Gasteiger partial charge >= 0.3 is 0 Å². The standard InChI is InChI=1S/C19H24PS2/c1-19(2)14-21-18(22-15-19)20(3,16-10-6-4-7-11-16)17-12-8-5-9-13-17/h4-13,18H,14-15H2,1-3H3/q+1. The van der Waals surface area contributed by atoms with Crippen molar-refractivity contribution in [1.29, 1.82) is 0 Å². The van der Waals surface area contributed by atoms with Gasteiger partial charge < -0.3 is 0 Å². The molecule has 1 saturated heterocycles. The Morgan fingerprint density at radius 2 is 1.23 bits per heavy atom. The van der Waals surface area contributed by atoms with E-state index < -0.39 is 7.26 Å². The summed E-state index contributed by atoms with van der Waals surface area (Å²) >= 11 is 4.36. The molecule has 1 heterocycles. The van der Waals surface area contributed by atoms with Crippen LogP contribution in [0, 0.1) is 5.41 Å². The van der Waals surface area contributed by atoms with Crippen LogP contribution in [0.4, 0.5) is 0 Å². The summed E-state index contributed by atoms with van der Waals surface area (Å²) in [6.45, 7) is 7.31. The smallest absolute Gasteiger partial charge is 0.106 e. The highest BCUT2D eigenvalue weighted by Gasteiger charge is 2.49. The van der Waals surface area contributed by atoms with Crippen LogP contribution in [-0.4, -0.2) is 22.5 Å². The fraction of sp³-hybridized carbons (Fsp3) is 0.368. The Labute approximate surface area is 143 Å². The summed E-state index contributed by atoms with van der Waals surface area (Å²) in [6, 6.07) is 22.4. The van der Waals surface area contributed by atoms with Gasteiger partial charge in [-0.3, -0.25) is 0 Å². The molecular formula is C19H24PS2+. The van der Waals surface area contributed by atoms with Gasteiger partial charge in [0, 0.05) is 11.5 Å². The van der Waals surface area contributed by atoms with Gasteiger partial charge in [0.2, 0.25) is 0 Å². The Hall–Kier alpha value is -0.430. The van der Waals surface area contributed by atoms with Crippen LogP contribution in [0.2, 0.25) is 0 Å². The Morgan fingerprint density at radius 1 is 0.818 bits per heavy atom. The highest BCUT2D eigenvalue weighted by molar-refractivity contribution is 8.28. The fourth-order valence-corrected chi connectivity index (χ4v) is 11.8. The van der Waals surface area contributed by atoms with Crippen molar-refractivity contribution in [2.45, 2.75) is 18.2 Å². The monoisotopic (exact) mass is 347 g/mol. The number of hydrogen-bond acceptors (Lipinski definition) is 2. The van der Waals surface area contributed by atoms with Crippen LogP contribution in [0.15, 0.2) is 60.7 Å². The van der Waals surface area contributed by atoms with Crippen molar-refractivity contribution >= 4 is 41.4 Å². The number of thioether (sulfide) groups is 2. The fourth-order valence-electron chi connectivity index (χ4n) is 2.85. The van der Waals surface area contributed by atoms with E-state index >= 15 is 0 Å². The predicted molar refractivity (Wildman–Crippen MR) is 107 cm³/mol. The maximum atomic E-state index is 2.53. The largest absolute Gasteiger partial charge is 0.169 e. The molecular weight excluding hydrogens is 323 g/mol. The molecule has 0 aromatic heterocycles. The third-order valence-electron chi connectivity index (χ3n) is 4.24. The SMILES string of the molecule is CC1(C)CSC([P+](C)(c2ccccc2)c2ccccc2)SC1. The summed E-state index contributed by atoms with van der Waals surface area (Å²) in [6.07, 6.45) is 0. The first-order valence-corrected chi connectivity index (χ1v) is 12.1. The highest BCUT2D eigenvalue weighted by atomic mass is 32.2. The van der Waals surface area contributed by atoms with Gasteiger partial charge in [0.1, 0.15) is 10.6 Å². The lowest BCUT2D eigenvalue weighted by molar-refractivity contribution is 0.490. The molecule has 2 aromatic rings. The molecule has 0 nitrogen and oxygen atoms in total. The summed E-state index contributed by atoms with van der Waals surface area (Å²) in [5.74, 6) is 2.53. The van der Waals surface area contributed by atoms with E-state index in [1.807, 2.05) is 0 Å². The van der Waals surface area contributed by atoms with E-state index in [0.717, 1.165) is 0 Å². The molecule has 0 aliphatic carbocycles. The molecule has 3 rings (SSSR count). The molecule has 0 bridgehead atoms. The van der Waals surface area contributed by atoms with Crippen LogP contribution in [0.3, 0.4) is 0 Å². The van der Waals surface area contributed by atoms with E-state index in [0.29, 0.717) is 9.74 Å². The van der Waals surface area contributed by atoms with E-state index in [-0.39, 0.29) is 0 Å². The van der Waals surface area contributed by atoms with E-state index in [1.54, 1.807) is 0 Å². The molecule has 22 heavy (non-hydrogen) atoms. The third-order valence-corrected chi connectivity index (χ3v) is 14.5. The van der Waals surface area contributed by atoms with Gasteiger partial charge in [0.05, 0.1) is 13.9 Å². The summed E-state index contributed by atoms with van der Waals surface area (Å²) in [5, 5.41) is 3.07. The van der Waals surface area contributed by atoms with E-state index in [2.05, 4.69) is 105 Å². The second-order valence-corrected chi connectivity index (χ2v) is 13.7. The van der Waals surface area contributed by atoms with Crippen molar-refractivity contribution in [3.05, 3.63) is 60.7 Å². The van der Waals surface area contributed by atoms with Gasteiger partial charge in [-0.15, -0.1) is 23.5 Å². The molecule has 116 valence electrons. The van der Waals surface area contributed by atoms with Crippen molar-refractivity contribution in [3.8, 4) is 0 Å². The van der Waals surface area contributed by atoms with Crippen LogP contribution in [-0.2, 0) is 0 Å². The van der Waals surface area contributed by atoms with Crippen LogP contribution in [0.25, 0.3) is 0 Å². The zero-order valence-corrected chi connectivity index (χ0v) is 16.1. The quantitative estimate of drug-likeness (QED) is 0.711. The van der Waals surface area contributed by atoms with Crippen molar-refractivity contribution < 1.29 is 0 Å². The Balaban J connectivity index is 2.01. The molecule has 0 atom stereocenters. The van der Waals surface area contributed by atoms with E-state index in [4.69, 9.17) is 0 Å². The lowest BCUT2D eigenvalue weighted by atomic mass is 10.0. The van der Waals surface area contributed by atoms with Crippen molar-refractivity contribution in [1.82, 2.24) is 0 Å². The summed E-state index contributed by atoms with van der Waals surface area (Å²) in [5.41, 5.74) is 0.462. The third kappa shape index (κ3) is 3.25. The average molecular weight is 348 g/mol. The van der Waals surface area contributed by atoms with E-state index in [9.17, 15) is 0 Å². The van der Waals surface area contributed by atoms with Crippen molar-refractivity contribution in [3.63, 3.8) is 0 Å². The van der Waals surface area contributed by atoms with Crippen LogP contribution in [0.5, 0.6) is 0 Å². The minimum absolute atomic E-state index is 0.462. The molecule has 0 spiro atoms.